The van der Waals surface area contributed by atoms with Gasteiger partial charge in [-0.25, -0.2) is 4.98 Å². The molecule has 0 spiro atoms. The van der Waals surface area contributed by atoms with Crippen LogP contribution in [0.5, 0.6) is 0 Å². The van der Waals surface area contributed by atoms with Gasteiger partial charge in [0.1, 0.15) is 5.82 Å². The van der Waals surface area contributed by atoms with E-state index in [2.05, 4.69) is 226 Å². The van der Waals surface area contributed by atoms with Gasteiger partial charge in [0.05, 0.1) is 44.3 Å². The number of pyridine rings is 2. The van der Waals surface area contributed by atoms with Crippen molar-refractivity contribution in [2.75, 3.05) is 0 Å². The Morgan fingerprint density at radius 3 is 1.65 bits per heavy atom. The summed E-state index contributed by atoms with van der Waals surface area (Å²) in [6.07, 6.45) is 1.89. The molecule has 0 aliphatic rings. The number of nitrogens with zero attached hydrogens (tertiary/aromatic N) is 5. The molecule has 0 amide bonds. The number of benzene rings is 8. The molecule has 0 aliphatic heterocycles. The molecule has 0 fully saturated rings. The highest BCUT2D eigenvalue weighted by Crippen LogP contribution is 2.40. The molecule has 63 heavy (non-hydrogen) atoms. The second-order valence-corrected chi connectivity index (χ2v) is 16.2. The summed E-state index contributed by atoms with van der Waals surface area (Å²) >= 11 is 0. The Morgan fingerprint density at radius 1 is 0.286 bits per heavy atom. The quantitative estimate of drug-likeness (QED) is 0.168. The Bertz CT molecular complexity index is 3840. The number of hydrogen-bond acceptors (Lipinski definition) is 2. The zero-order valence-corrected chi connectivity index (χ0v) is 34.1. The fourth-order valence-electron chi connectivity index (χ4n) is 9.83. The van der Waals surface area contributed by atoms with E-state index in [-0.39, 0.29) is 0 Å². The highest BCUT2D eigenvalue weighted by Gasteiger charge is 2.20. The van der Waals surface area contributed by atoms with E-state index in [0.29, 0.717) is 0 Å². The Hall–Kier alpha value is -8.54. The molecule has 5 heterocycles. The van der Waals surface area contributed by atoms with Crippen LogP contribution in [-0.4, -0.2) is 23.7 Å². The molecule has 0 N–H and O–H groups in total. The molecule has 13 rings (SSSR count). The molecular formula is C58H37N5. The summed E-state index contributed by atoms with van der Waals surface area (Å²) in [7, 11) is 0. The molecule has 13 aromatic rings. The average molecular weight is 804 g/mol. The van der Waals surface area contributed by atoms with Gasteiger partial charge < -0.3 is 9.13 Å². The van der Waals surface area contributed by atoms with Crippen LogP contribution in [0.15, 0.2) is 225 Å². The van der Waals surface area contributed by atoms with E-state index >= 15 is 0 Å². The van der Waals surface area contributed by atoms with Gasteiger partial charge in [0.15, 0.2) is 0 Å². The van der Waals surface area contributed by atoms with Crippen molar-refractivity contribution in [3.05, 3.63) is 225 Å². The molecular weight excluding hydrogens is 767 g/mol. The second-order valence-electron chi connectivity index (χ2n) is 16.2. The zero-order chi connectivity index (χ0) is 41.4. The zero-order valence-electron chi connectivity index (χ0n) is 34.1. The predicted molar refractivity (Wildman–Crippen MR) is 261 cm³/mol. The molecule has 0 atom stereocenters. The normalized spacial score (nSPS) is 11.8. The van der Waals surface area contributed by atoms with Crippen LogP contribution in [0.25, 0.3) is 116 Å². The summed E-state index contributed by atoms with van der Waals surface area (Å²) in [5.41, 5.74) is 16.6. The molecule has 0 unspecified atom stereocenters. The van der Waals surface area contributed by atoms with Crippen LogP contribution in [-0.2, 0) is 0 Å². The van der Waals surface area contributed by atoms with E-state index in [9.17, 15) is 0 Å². The van der Waals surface area contributed by atoms with E-state index in [1.54, 1.807) is 0 Å². The van der Waals surface area contributed by atoms with Crippen LogP contribution in [0.3, 0.4) is 0 Å². The SMILES string of the molecule is c1ccc(-c2cc(-c3ccccc3)nc(-n3c4ccccc4c4ccc(-c5ccc6c(c5)c5ccccc5n6-c5ccc6c(c5)c5ncccc5n6-c5ccccc5)cc43)c2)cc1. The second kappa shape index (κ2) is 14.0. The summed E-state index contributed by atoms with van der Waals surface area (Å²) in [5, 5.41) is 5.93. The molecule has 8 aromatic carbocycles. The first-order chi connectivity index (χ1) is 31.2. The van der Waals surface area contributed by atoms with Gasteiger partial charge in [-0.1, -0.05) is 133 Å². The summed E-state index contributed by atoms with van der Waals surface area (Å²) in [6.45, 7) is 0. The first kappa shape index (κ1) is 35.2. The number of para-hydroxylation sites is 3. The van der Waals surface area contributed by atoms with Crippen molar-refractivity contribution < 1.29 is 0 Å². The number of aromatic nitrogens is 5. The molecule has 0 aliphatic carbocycles. The van der Waals surface area contributed by atoms with Crippen molar-refractivity contribution in [1.82, 2.24) is 23.7 Å². The highest BCUT2D eigenvalue weighted by atomic mass is 15.1. The maximum atomic E-state index is 5.39. The van der Waals surface area contributed by atoms with E-state index in [0.717, 1.165) is 94.7 Å². The summed E-state index contributed by atoms with van der Waals surface area (Å²) in [5.74, 6) is 0.885. The maximum Gasteiger partial charge on any atom is 0.138 e. The Balaban J connectivity index is 0.990. The number of rotatable bonds is 6. The lowest BCUT2D eigenvalue weighted by molar-refractivity contribution is 1.08. The van der Waals surface area contributed by atoms with Crippen LogP contribution in [0, 0.1) is 0 Å². The first-order valence-corrected chi connectivity index (χ1v) is 21.4. The van der Waals surface area contributed by atoms with Crippen molar-refractivity contribution in [3.8, 4) is 50.7 Å². The van der Waals surface area contributed by atoms with Gasteiger partial charge in [-0.15, -0.1) is 0 Å². The predicted octanol–water partition coefficient (Wildman–Crippen LogP) is 14.8. The standard InChI is InChI=1S/C58H37N5/c1-4-15-38(16-5-1)42-34-50(39-17-6-2-7-18-39)60-57(36-42)63-52-24-13-10-21-45(52)47-29-26-41(35-56(47)63)40-27-30-53-48(33-40)46-22-11-12-23-51(46)62(53)44-28-31-54-49(37-44)58-55(25-14-32-59-58)61(54)43-19-8-3-9-20-43/h1-37H. The highest BCUT2D eigenvalue weighted by molar-refractivity contribution is 6.13. The Labute approximate surface area is 363 Å². The number of hydrogen-bond donors (Lipinski definition) is 0. The minimum Gasteiger partial charge on any atom is -0.309 e. The topological polar surface area (TPSA) is 40.6 Å². The fraction of sp³-hybridized carbons (Fsp3) is 0. The van der Waals surface area contributed by atoms with Gasteiger partial charge in [0, 0.05) is 50.1 Å². The lowest BCUT2D eigenvalue weighted by atomic mass is 10.0. The maximum absolute atomic E-state index is 5.39. The molecule has 0 radical (unpaired) electrons. The van der Waals surface area contributed by atoms with Crippen LogP contribution in [0.4, 0.5) is 0 Å². The van der Waals surface area contributed by atoms with Crippen LogP contribution in [0.1, 0.15) is 0 Å². The third-order valence-corrected chi connectivity index (χ3v) is 12.7. The largest absolute Gasteiger partial charge is 0.309 e. The first-order valence-electron chi connectivity index (χ1n) is 21.4. The molecule has 5 nitrogen and oxygen atoms in total. The van der Waals surface area contributed by atoms with Gasteiger partial charge >= 0.3 is 0 Å². The van der Waals surface area contributed by atoms with Gasteiger partial charge in [0.25, 0.3) is 0 Å². The Morgan fingerprint density at radius 2 is 0.857 bits per heavy atom. The smallest absolute Gasteiger partial charge is 0.138 e. The monoisotopic (exact) mass is 803 g/mol. The molecule has 0 saturated carbocycles. The van der Waals surface area contributed by atoms with Gasteiger partial charge in [-0.3, -0.25) is 9.55 Å². The van der Waals surface area contributed by atoms with Gasteiger partial charge in [-0.05, 0) is 107 Å². The summed E-state index contributed by atoms with van der Waals surface area (Å²) < 4.78 is 7.06. The van der Waals surface area contributed by atoms with Crippen LogP contribution >= 0.6 is 0 Å². The number of fused-ring (bicyclic) bond motifs is 9. The third-order valence-electron chi connectivity index (χ3n) is 12.7. The van der Waals surface area contributed by atoms with Crippen LogP contribution in [0.2, 0.25) is 0 Å². The lowest BCUT2D eigenvalue weighted by Crippen LogP contribution is -2.00. The molecule has 5 aromatic heterocycles. The van der Waals surface area contributed by atoms with Crippen molar-refractivity contribution >= 4 is 65.5 Å². The molecule has 0 bridgehead atoms. The fourth-order valence-corrected chi connectivity index (χ4v) is 9.83. The minimum absolute atomic E-state index is 0.885. The van der Waals surface area contributed by atoms with Crippen molar-refractivity contribution in [3.63, 3.8) is 0 Å². The molecule has 0 saturated heterocycles. The van der Waals surface area contributed by atoms with E-state index in [1.165, 1.54) is 21.5 Å². The Kier molecular flexibility index (Phi) is 7.84. The van der Waals surface area contributed by atoms with Crippen molar-refractivity contribution in [2.45, 2.75) is 0 Å². The molecule has 294 valence electrons. The average Bonchev–Trinajstić information content (AvgIpc) is 3.99. The van der Waals surface area contributed by atoms with Crippen LogP contribution < -0.4 is 0 Å². The summed E-state index contributed by atoms with van der Waals surface area (Å²) in [6, 6.07) is 78.3. The van der Waals surface area contributed by atoms with E-state index < -0.39 is 0 Å². The van der Waals surface area contributed by atoms with E-state index in [1.807, 2.05) is 12.3 Å². The van der Waals surface area contributed by atoms with E-state index in [4.69, 9.17) is 9.97 Å². The van der Waals surface area contributed by atoms with Gasteiger partial charge in [0.2, 0.25) is 0 Å². The molecule has 5 heteroatoms. The minimum atomic E-state index is 0.885. The van der Waals surface area contributed by atoms with Crippen molar-refractivity contribution in [2.24, 2.45) is 0 Å². The van der Waals surface area contributed by atoms with Gasteiger partial charge in [-0.2, -0.15) is 0 Å². The summed E-state index contributed by atoms with van der Waals surface area (Å²) in [4.78, 5) is 10.3. The van der Waals surface area contributed by atoms with Crippen molar-refractivity contribution in [1.29, 1.82) is 0 Å². The third kappa shape index (κ3) is 5.57. The lowest BCUT2D eigenvalue weighted by Gasteiger charge is -2.13.